The molecule has 4 N–H and O–H groups in total. The first-order valence-electron chi connectivity index (χ1n) is 5.98. The first-order valence-corrected chi connectivity index (χ1v) is 7.47. The zero-order chi connectivity index (χ0) is 15.5. The quantitative estimate of drug-likeness (QED) is 0.733. The molecule has 1 rings (SSSR count). The fraction of sp³-hybridized carbons (Fsp3) is 0.417. The van der Waals surface area contributed by atoms with Gasteiger partial charge in [-0.15, -0.1) is 0 Å². The summed E-state index contributed by atoms with van der Waals surface area (Å²) in [6.45, 7) is 6.78. The van der Waals surface area contributed by atoms with E-state index in [1.807, 2.05) is 6.92 Å². The second kappa shape index (κ2) is 6.00. The predicted octanol–water partition coefficient (Wildman–Crippen LogP) is 1.68. The maximum atomic E-state index is 11.8. The van der Waals surface area contributed by atoms with Crippen LogP contribution in [0.2, 0.25) is 0 Å². The molecule has 1 amide bonds. The largest absolute Gasteiger partial charge is 0.446 e. The molecule has 0 aliphatic rings. The van der Waals surface area contributed by atoms with Crippen molar-refractivity contribution in [2.75, 3.05) is 10.5 Å². The molecule has 0 saturated heterocycles. The average Bonchev–Trinajstić information content (AvgIpc) is 2.23. The number of hydrogen-bond donors (Lipinski definition) is 3. The predicted molar refractivity (Wildman–Crippen MR) is 77.6 cm³/mol. The molecule has 7 nitrogen and oxygen atoms in total. The van der Waals surface area contributed by atoms with E-state index in [1.54, 1.807) is 31.6 Å². The van der Waals surface area contributed by atoms with Gasteiger partial charge in [0, 0.05) is 5.69 Å². The highest BCUT2D eigenvalue weighted by Crippen LogP contribution is 2.22. The van der Waals surface area contributed by atoms with E-state index in [9.17, 15) is 13.2 Å². The molecule has 0 bridgehead atoms. The summed E-state index contributed by atoms with van der Waals surface area (Å²) in [5, 5.41) is 0. The van der Waals surface area contributed by atoms with Crippen molar-refractivity contribution in [1.82, 2.24) is 4.72 Å². The number of aryl methyl sites for hydroxylation is 2. The molecule has 0 spiro atoms. The van der Waals surface area contributed by atoms with Crippen molar-refractivity contribution in [1.29, 1.82) is 0 Å². The van der Waals surface area contributed by atoms with Gasteiger partial charge in [-0.3, -0.25) is 4.72 Å². The summed E-state index contributed by atoms with van der Waals surface area (Å²) >= 11 is 0. The lowest BCUT2D eigenvalue weighted by Crippen LogP contribution is -2.37. The molecule has 0 radical (unpaired) electrons. The lowest BCUT2D eigenvalue weighted by atomic mass is 10.1. The van der Waals surface area contributed by atoms with E-state index in [-0.39, 0.29) is 0 Å². The van der Waals surface area contributed by atoms with Crippen LogP contribution in [0.3, 0.4) is 0 Å². The third kappa shape index (κ3) is 4.61. The van der Waals surface area contributed by atoms with Crippen LogP contribution < -0.4 is 15.2 Å². The number of nitrogens with one attached hydrogen (secondary N) is 2. The topological polar surface area (TPSA) is 111 Å². The van der Waals surface area contributed by atoms with Crippen molar-refractivity contribution < 1.29 is 17.9 Å². The number of ether oxygens (including phenoxy) is 1. The van der Waals surface area contributed by atoms with Crippen LogP contribution in [0.25, 0.3) is 0 Å². The fourth-order valence-corrected chi connectivity index (χ4v) is 2.33. The number of hydrogen-bond acceptors (Lipinski definition) is 5. The molecule has 1 aromatic carbocycles. The maximum Gasteiger partial charge on any atom is 0.422 e. The van der Waals surface area contributed by atoms with Gasteiger partial charge >= 0.3 is 16.3 Å². The highest BCUT2D eigenvalue weighted by Gasteiger charge is 2.17. The Morgan fingerprint density at radius 1 is 1.25 bits per heavy atom. The van der Waals surface area contributed by atoms with Crippen LogP contribution >= 0.6 is 0 Å². The standard InChI is InChI=1S/C12H19N3O4S/c1-7(2)19-12(16)15-20(17,18)14-11-6-10(13)8(3)5-9(11)4/h5-7,14H,13H2,1-4H3,(H,15,16). The number of rotatable bonds is 4. The number of anilines is 2. The Hall–Kier alpha value is -1.96. The smallest absolute Gasteiger partial charge is 0.422 e. The molecule has 0 saturated carbocycles. The lowest BCUT2D eigenvalue weighted by molar-refractivity contribution is 0.121. The number of amides is 1. The Morgan fingerprint density at radius 2 is 1.85 bits per heavy atom. The van der Waals surface area contributed by atoms with Crippen molar-refractivity contribution in [2.45, 2.75) is 33.8 Å². The molecule has 0 aliphatic carbocycles. The number of carbonyl (C=O) groups is 1. The van der Waals surface area contributed by atoms with Gasteiger partial charge in [0.05, 0.1) is 11.8 Å². The van der Waals surface area contributed by atoms with E-state index in [1.165, 1.54) is 6.07 Å². The highest BCUT2D eigenvalue weighted by molar-refractivity contribution is 7.91. The van der Waals surface area contributed by atoms with E-state index in [4.69, 9.17) is 10.5 Å². The van der Waals surface area contributed by atoms with Gasteiger partial charge in [0.25, 0.3) is 0 Å². The molecule has 0 heterocycles. The zero-order valence-corrected chi connectivity index (χ0v) is 12.7. The number of nitrogen functional groups attached to an aromatic ring is 1. The van der Waals surface area contributed by atoms with Crippen molar-refractivity contribution in [3.8, 4) is 0 Å². The molecule has 8 heteroatoms. The van der Waals surface area contributed by atoms with Crippen LogP contribution in [0.15, 0.2) is 12.1 Å². The Kier molecular flexibility index (Phi) is 4.83. The van der Waals surface area contributed by atoms with Crippen LogP contribution in [0.4, 0.5) is 16.2 Å². The Balaban J connectivity index is 2.87. The third-order valence-electron chi connectivity index (χ3n) is 2.42. The Labute approximate surface area is 118 Å². The van der Waals surface area contributed by atoms with Gasteiger partial charge in [0.1, 0.15) is 0 Å². The van der Waals surface area contributed by atoms with Crippen LogP contribution in [0.5, 0.6) is 0 Å². The van der Waals surface area contributed by atoms with Gasteiger partial charge in [-0.25, -0.2) is 9.52 Å². The summed E-state index contributed by atoms with van der Waals surface area (Å²) in [7, 11) is -4.06. The van der Waals surface area contributed by atoms with Crippen LogP contribution in [0, 0.1) is 13.8 Å². The van der Waals surface area contributed by atoms with Gasteiger partial charge in [0.15, 0.2) is 0 Å². The minimum Gasteiger partial charge on any atom is -0.446 e. The van der Waals surface area contributed by atoms with Gasteiger partial charge in [-0.2, -0.15) is 8.42 Å². The Morgan fingerprint density at radius 3 is 2.40 bits per heavy atom. The molecule has 0 aromatic heterocycles. The van der Waals surface area contributed by atoms with Gasteiger partial charge in [-0.1, -0.05) is 6.07 Å². The monoisotopic (exact) mass is 301 g/mol. The van der Waals surface area contributed by atoms with Crippen molar-refractivity contribution in [3.63, 3.8) is 0 Å². The van der Waals surface area contributed by atoms with E-state index >= 15 is 0 Å². The van der Waals surface area contributed by atoms with Gasteiger partial charge in [-0.05, 0) is 44.9 Å². The number of nitrogens with two attached hydrogens (primary N) is 1. The van der Waals surface area contributed by atoms with E-state index in [0.717, 1.165) is 5.56 Å². The summed E-state index contributed by atoms with van der Waals surface area (Å²) in [5.41, 5.74) is 8.03. The first-order chi connectivity index (χ1) is 9.10. The van der Waals surface area contributed by atoms with E-state index in [2.05, 4.69) is 4.72 Å². The summed E-state index contributed by atoms with van der Waals surface area (Å²) in [4.78, 5) is 11.3. The third-order valence-corrected chi connectivity index (χ3v) is 3.34. The minimum atomic E-state index is -4.06. The molecule has 0 atom stereocenters. The maximum absolute atomic E-state index is 11.8. The van der Waals surface area contributed by atoms with Crippen LogP contribution in [0.1, 0.15) is 25.0 Å². The molecule has 0 unspecified atom stereocenters. The Bertz CT molecular complexity index is 611. The van der Waals surface area contributed by atoms with Gasteiger partial charge < -0.3 is 10.5 Å². The normalized spacial score (nSPS) is 11.2. The second-order valence-electron chi connectivity index (χ2n) is 4.69. The molecule has 0 fully saturated rings. The van der Waals surface area contributed by atoms with Crippen LogP contribution in [-0.2, 0) is 14.9 Å². The molecule has 20 heavy (non-hydrogen) atoms. The summed E-state index contributed by atoms with van der Waals surface area (Å²) in [6, 6.07) is 3.25. The summed E-state index contributed by atoms with van der Waals surface area (Å²) in [5.74, 6) is 0. The molecular formula is C12H19N3O4S. The first kappa shape index (κ1) is 16.1. The van der Waals surface area contributed by atoms with E-state index < -0.39 is 22.4 Å². The SMILES string of the molecule is Cc1cc(C)c(NS(=O)(=O)NC(=O)OC(C)C)cc1N. The molecule has 1 aromatic rings. The summed E-state index contributed by atoms with van der Waals surface area (Å²) in [6.07, 6.45) is -1.45. The van der Waals surface area contributed by atoms with Crippen LogP contribution in [-0.4, -0.2) is 20.6 Å². The minimum absolute atomic E-state index is 0.304. The second-order valence-corrected chi connectivity index (χ2v) is 6.10. The van der Waals surface area contributed by atoms with Crippen molar-refractivity contribution >= 4 is 27.7 Å². The van der Waals surface area contributed by atoms with Gasteiger partial charge in [0.2, 0.25) is 0 Å². The number of carbonyl (C=O) groups excluding carboxylic acids is 1. The lowest BCUT2D eigenvalue weighted by Gasteiger charge is -2.14. The zero-order valence-electron chi connectivity index (χ0n) is 11.9. The number of benzene rings is 1. The molecule has 0 aliphatic heterocycles. The highest BCUT2D eigenvalue weighted by atomic mass is 32.2. The van der Waals surface area contributed by atoms with Crippen molar-refractivity contribution in [2.24, 2.45) is 0 Å². The van der Waals surface area contributed by atoms with E-state index in [0.29, 0.717) is 16.9 Å². The molecule has 112 valence electrons. The van der Waals surface area contributed by atoms with Crippen molar-refractivity contribution in [3.05, 3.63) is 23.3 Å². The molecular weight excluding hydrogens is 282 g/mol. The summed E-state index contributed by atoms with van der Waals surface area (Å²) < 4.78 is 32.3. The fourth-order valence-electron chi connectivity index (χ4n) is 1.50. The average molecular weight is 301 g/mol.